The molecule has 2 fully saturated rings. The van der Waals surface area contributed by atoms with Crippen LogP contribution in [-0.4, -0.2) is 51.0 Å². The van der Waals surface area contributed by atoms with Crippen molar-refractivity contribution in [1.82, 2.24) is 0 Å². The van der Waals surface area contributed by atoms with Crippen molar-refractivity contribution in [3.05, 3.63) is 34.9 Å². The highest BCUT2D eigenvalue weighted by Crippen LogP contribution is 2.68. The fraction of sp³-hybridized carbons (Fsp3) is 0.714. The zero-order valence-corrected chi connectivity index (χ0v) is 20.9. The number of esters is 1. The second-order valence-electron chi connectivity index (χ2n) is 12.1. The summed E-state index contributed by atoms with van der Waals surface area (Å²) in [5.41, 5.74) is -0.158. The normalized spacial score (nSPS) is 49.1. The molecule has 10 unspecified atom stereocenters. The van der Waals surface area contributed by atoms with Crippen molar-refractivity contribution in [2.24, 2.45) is 34.5 Å². The molecule has 0 spiro atoms. The number of hydrogen-bond acceptors (Lipinski definition) is 6. The van der Waals surface area contributed by atoms with Gasteiger partial charge in [-0.2, -0.15) is 0 Å². The van der Waals surface area contributed by atoms with Crippen LogP contribution in [0.15, 0.2) is 34.9 Å². The molecule has 5 aliphatic rings. The van der Waals surface area contributed by atoms with Gasteiger partial charge in [0.1, 0.15) is 6.10 Å². The van der Waals surface area contributed by atoms with E-state index in [-0.39, 0.29) is 35.6 Å². The summed E-state index contributed by atoms with van der Waals surface area (Å²) >= 11 is 0. The van der Waals surface area contributed by atoms with Crippen LogP contribution in [0, 0.1) is 34.5 Å². The summed E-state index contributed by atoms with van der Waals surface area (Å²) in [6, 6.07) is 0. The van der Waals surface area contributed by atoms with E-state index >= 15 is 0 Å². The third-order valence-corrected chi connectivity index (χ3v) is 10.6. The van der Waals surface area contributed by atoms with Crippen LogP contribution in [0.3, 0.4) is 0 Å². The molecular formula is C28H38O6. The molecule has 6 heteroatoms. The van der Waals surface area contributed by atoms with Gasteiger partial charge in [0.2, 0.25) is 0 Å². The molecule has 3 N–H and O–H groups in total. The summed E-state index contributed by atoms with van der Waals surface area (Å²) < 4.78 is 5.78. The predicted molar refractivity (Wildman–Crippen MR) is 126 cm³/mol. The lowest BCUT2D eigenvalue weighted by molar-refractivity contribution is -0.220. The molecular weight excluding hydrogens is 432 g/mol. The third kappa shape index (κ3) is 2.97. The number of carbonyl (C=O) groups excluding carboxylic acids is 2. The van der Waals surface area contributed by atoms with Gasteiger partial charge in [0.05, 0.1) is 23.2 Å². The molecule has 0 radical (unpaired) electrons. The zero-order chi connectivity index (χ0) is 24.8. The monoisotopic (exact) mass is 470 g/mol. The molecule has 10 atom stereocenters. The molecule has 0 aromatic carbocycles. The van der Waals surface area contributed by atoms with Crippen molar-refractivity contribution in [3.8, 4) is 0 Å². The van der Waals surface area contributed by atoms with Crippen LogP contribution in [0.4, 0.5) is 0 Å². The molecule has 5 rings (SSSR count). The van der Waals surface area contributed by atoms with E-state index in [0.717, 1.165) is 11.1 Å². The van der Waals surface area contributed by atoms with Gasteiger partial charge in [0.15, 0.2) is 5.78 Å². The van der Waals surface area contributed by atoms with E-state index in [1.807, 2.05) is 32.9 Å². The van der Waals surface area contributed by atoms with Gasteiger partial charge < -0.3 is 20.1 Å². The highest BCUT2D eigenvalue weighted by molar-refractivity contribution is 5.99. The summed E-state index contributed by atoms with van der Waals surface area (Å²) in [5.74, 6) is -1.65. The van der Waals surface area contributed by atoms with Crippen LogP contribution in [-0.2, 0) is 14.3 Å². The smallest absolute Gasteiger partial charge is 0.333 e. The number of ether oxygens (including phenoxy) is 1. The van der Waals surface area contributed by atoms with Crippen LogP contribution in [0.5, 0.6) is 0 Å². The van der Waals surface area contributed by atoms with E-state index in [9.17, 15) is 24.9 Å². The Morgan fingerprint density at radius 3 is 2.53 bits per heavy atom. The van der Waals surface area contributed by atoms with Crippen LogP contribution in [0.25, 0.3) is 0 Å². The van der Waals surface area contributed by atoms with Crippen molar-refractivity contribution in [2.75, 3.05) is 0 Å². The van der Waals surface area contributed by atoms with E-state index < -0.39 is 34.6 Å². The van der Waals surface area contributed by atoms with Gasteiger partial charge in [0.25, 0.3) is 0 Å². The number of ketones is 1. The SMILES string of the molecule is CC1=C(C)C(=O)OC(C(C)C2C(O)CC3C2(C)CC(O)C2C4(C)C(=O)C=CCC4=CCC23O)C1. The summed E-state index contributed by atoms with van der Waals surface area (Å²) in [7, 11) is 0. The van der Waals surface area contributed by atoms with E-state index in [2.05, 4.69) is 6.92 Å². The van der Waals surface area contributed by atoms with Crippen molar-refractivity contribution in [2.45, 2.75) is 90.6 Å². The molecule has 186 valence electrons. The van der Waals surface area contributed by atoms with Crippen molar-refractivity contribution >= 4 is 11.8 Å². The standard InChI is InChI=1S/C28H38O6/c1-14-11-20(34-25(32)15(14)2)16(3)23-18(29)12-21-26(23,4)13-19(30)24-27(5)17(7-6-8-22(27)31)9-10-28(21,24)33/h6,8-9,16,18-21,23-24,29-30,33H,7,10-13H2,1-5H3. The van der Waals surface area contributed by atoms with Crippen molar-refractivity contribution < 1.29 is 29.6 Å². The predicted octanol–water partition coefficient (Wildman–Crippen LogP) is 3.26. The van der Waals surface area contributed by atoms with Gasteiger partial charge in [-0.15, -0.1) is 0 Å². The Bertz CT molecular complexity index is 1020. The van der Waals surface area contributed by atoms with E-state index in [0.29, 0.717) is 37.7 Å². The first-order chi connectivity index (χ1) is 15.9. The Labute approximate surface area is 201 Å². The van der Waals surface area contributed by atoms with Crippen LogP contribution in [0.1, 0.15) is 66.7 Å². The average molecular weight is 471 g/mol. The Morgan fingerprint density at radius 2 is 1.85 bits per heavy atom. The lowest BCUT2D eigenvalue weighted by Crippen LogP contribution is -2.67. The summed E-state index contributed by atoms with van der Waals surface area (Å²) in [5, 5.41) is 35.2. The van der Waals surface area contributed by atoms with Crippen LogP contribution < -0.4 is 0 Å². The van der Waals surface area contributed by atoms with Gasteiger partial charge in [-0.05, 0) is 75.7 Å². The number of aliphatic hydroxyl groups is 3. The fourth-order valence-electron chi connectivity index (χ4n) is 8.80. The van der Waals surface area contributed by atoms with E-state index in [1.54, 1.807) is 13.0 Å². The Morgan fingerprint density at radius 1 is 1.15 bits per heavy atom. The topological polar surface area (TPSA) is 104 Å². The zero-order valence-electron chi connectivity index (χ0n) is 20.9. The highest BCUT2D eigenvalue weighted by Gasteiger charge is 2.71. The number of carbonyl (C=O) groups is 2. The lowest BCUT2D eigenvalue weighted by Gasteiger charge is -2.62. The quantitative estimate of drug-likeness (QED) is 0.423. The van der Waals surface area contributed by atoms with Crippen LogP contribution >= 0.6 is 0 Å². The lowest BCUT2D eigenvalue weighted by atomic mass is 9.44. The summed E-state index contributed by atoms with van der Waals surface area (Å²) in [4.78, 5) is 25.5. The minimum atomic E-state index is -1.30. The van der Waals surface area contributed by atoms with Crippen molar-refractivity contribution in [3.63, 3.8) is 0 Å². The molecule has 1 heterocycles. The van der Waals surface area contributed by atoms with E-state index in [1.165, 1.54) is 0 Å². The fourth-order valence-corrected chi connectivity index (χ4v) is 8.80. The van der Waals surface area contributed by atoms with Crippen LogP contribution in [0.2, 0.25) is 0 Å². The molecule has 1 aliphatic heterocycles. The maximum Gasteiger partial charge on any atom is 0.333 e. The Hall–Kier alpha value is -1.76. The Balaban J connectivity index is 1.52. The minimum Gasteiger partial charge on any atom is -0.458 e. The second kappa shape index (κ2) is 7.62. The van der Waals surface area contributed by atoms with Gasteiger partial charge in [0, 0.05) is 17.9 Å². The molecule has 0 saturated heterocycles. The molecule has 34 heavy (non-hydrogen) atoms. The molecule has 0 aromatic rings. The number of cyclic esters (lactones) is 1. The average Bonchev–Trinajstić information content (AvgIpc) is 3.02. The second-order valence-corrected chi connectivity index (χ2v) is 12.1. The summed E-state index contributed by atoms with van der Waals surface area (Å²) in [6.45, 7) is 9.68. The molecule has 2 saturated carbocycles. The minimum absolute atomic E-state index is 0.0639. The molecule has 0 bridgehead atoms. The third-order valence-electron chi connectivity index (χ3n) is 10.6. The van der Waals surface area contributed by atoms with E-state index in [4.69, 9.17) is 4.74 Å². The van der Waals surface area contributed by atoms with Gasteiger partial charge in [-0.1, -0.05) is 37.1 Å². The molecule has 0 aromatic heterocycles. The first-order valence-electron chi connectivity index (χ1n) is 12.7. The first-order valence-corrected chi connectivity index (χ1v) is 12.7. The highest BCUT2D eigenvalue weighted by atomic mass is 16.5. The number of aliphatic hydroxyl groups excluding tert-OH is 2. The number of rotatable bonds is 2. The number of hydrogen-bond donors (Lipinski definition) is 3. The largest absolute Gasteiger partial charge is 0.458 e. The molecule has 4 aliphatic carbocycles. The van der Waals surface area contributed by atoms with Gasteiger partial charge >= 0.3 is 5.97 Å². The van der Waals surface area contributed by atoms with Crippen molar-refractivity contribution in [1.29, 1.82) is 0 Å². The Kier molecular flexibility index (Phi) is 5.37. The molecule has 0 amide bonds. The van der Waals surface area contributed by atoms with Gasteiger partial charge in [-0.25, -0.2) is 4.79 Å². The first kappa shape index (κ1) is 24.0. The molecule has 6 nitrogen and oxygen atoms in total. The van der Waals surface area contributed by atoms with Gasteiger partial charge in [-0.3, -0.25) is 4.79 Å². The maximum atomic E-state index is 13.1. The number of allylic oxidation sites excluding steroid dienone is 3. The maximum absolute atomic E-state index is 13.1. The summed E-state index contributed by atoms with van der Waals surface area (Å²) in [6.07, 6.45) is 5.99. The number of fused-ring (bicyclic) bond motifs is 5.